The van der Waals surface area contributed by atoms with Crippen LogP contribution in [0, 0.1) is 5.92 Å². The van der Waals surface area contributed by atoms with Crippen molar-refractivity contribution in [2.24, 2.45) is 5.92 Å². The summed E-state index contributed by atoms with van der Waals surface area (Å²) in [6.45, 7) is 4.23. The van der Waals surface area contributed by atoms with Gasteiger partial charge in [0, 0.05) is 18.4 Å². The van der Waals surface area contributed by atoms with E-state index >= 15 is 0 Å². The molecule has 0 saturated heterocycles. The fraction of sp³-hybridized carbons (Fsp3) is 0.455. The first-order valence-electron chi connectivity index (χ1n) is 5.12. The van der Waals surface area contributed by atoms with Crippen molar-refractivity contribution >= 4 is 11.7 Å². The summed E-state index contributed by atoms with van der Waals surface area (Å²) in [6.07, 6.45) is 0.967. The highest BCUT2D eigenvalue weighted by molar-refractivity contribution is 5.86. The summed E-state index contributed by atoms with van der Waals surface area (Å²) in [6, 6.07) is 3.11. The molecule has 1 rings (SSSR count). The molecule has 5 heteroatoms. The Hall–Kier alpha value is -1.62. The molecule has 88 valence electrons. The number of aliphatic hydroxyl groups excluding tert-OH is 1. The molecule has 3 N–H and O–H groups in total. The molecule has 1 heterocycles. The van der Waals surface area contributed by atoms with E-state index in [1.165, 1.54) is 12.3 Å². The first-order chi connectivity index (χ1) is 7.50. The number of hydrogen-bond donors (Lipinski definition) is 3. The Morgan fingerprint density at radius 2 is 2.25 bits per heavy atom. The van der Waals surface area contributed by atoms with Crippen LogP contribution in [0.25, 0.3) is 0 Å². The molecule has 0 aliphatic rings. The minimum atomic E-state index is -1.06. The number of nitrogens with one attached hydrogen (secondary N) is 1. The SMILES string of the molecule is CC(C)C(O)CNc1ccnc(C(=O)O)c1. The number of nitrogens with zero attached hydrogens (tertiary/aromatic N) is 1. The third-order valence-electron chi connectivity index (χ3n) is 2.26. The molecule has 0 amide bonds. The number of carboxylic acid groups (broad SMARTS) is 1. The topological polar surface area (TPSA) is 82.5 Å². The lowest BCUT2D eigenvalue weighted by Crippen LogP contribution is -2.24. The van der Waals surface area contributed by atoms with Crippen LogP contribution < -0.4 is 5.32 Å². The van der Waals surface area contributed by atoms with Gasteiger partial charge in [0.2, 0.25) is 0 Å². The average Bonchev–Trinajstić information content (AvgIpc) is 2.26. The van der Waals surface area contributed by atoms with Gasteiger partial charge in [-0.05, 0) is 18.1 Å². The van der Waals surface area contributed by atoms with E-state index in [2.05, 4.69) is 10.3 Å². The van der Waals surface area contributed by atoms with Crippen LogP contribution in [0.4, 0.5) is 5.69 Å². The fourth-order valence-corrected chi connectivity index (χ4v) is 1.12. The Morgan fingerprint density at radius 1 is 1.56 bits per heavy atom. The molecular formula is C11H16N2O3. The van der Waals surface area contributed by atoms with Crippen LogP contribution in [0.5, 0.6) is 0 Å². The van der Waals surface area contributed by atoms with Gasteiger partial charge in [-0.1, -0.05) is 13.8 Å². The maximum absolute atomic E-state index is 10.7. The number of aromatic carboxylic acids is 1. The summed E-state index contributed by atoms with van der Waals surface area (Å²) in [7, 11) is 0. The van der Waals surface area contributed by atoms with Crippen LogP contribution in [0.2, 0.25) is 0 Å². The normalized spacial score (nSPS) is 12.5. The molecule has 0 aliphatic carbocycles. The Kier molecular flexibility index (Phi) is 4.25. The van der Waals surface area contributed by atoms with E-state index < -0.39 is 12.1 Å². The van der Waals surface area contributed by atoms with Crippen LogP contribution in [-0.2, 0) is 0 Å². The average molecular weight is 224 g/mol. The molecule has 1 atom stereocenters. The van der Waals surface area contributed by atoms with Crippen LogP contribution >= 0.6 is 0 Å². The third kappa shape index (κ3) is 3.51. The number of hydrogen-bond acceptors (Lipinski definition) is 4. The first-order valence-corrected chi connectivity index (χ1v) is 5.12. The lowest BCUT2D eigenvalue weighted by Gasteiger charge is -2.15. The van der Waals surface area contributed by atoms with Crippen LogP contribution in [0.1, 0.15) is 24.3 Å². The minimum Gasteiger partial charge on any atom is -0.477 e. The number of aromatic nitrogens is 1. The number of rotatable bonds is 5. The van der Waals surface area contributed by atoms with Crippen molar-refractivity contribution in [1.29, 1.82) is 0 Å². The lowest BCUT2D eigenvalue weighted by molar-refractivity contribution is 0.0690. The number of aliphatic hydroxyl groups is 1. The zero-order chi connectivity index (χ0) is 12.1. The molecule has 0 aliphatic heterocycles. The molecule has 1 unspecified atom stereocenters. The van der Waals surface area contributed by atoms with Gasteiger partial charge in [-0.25, -0.2) is 9.78 Å². The second kappa shape index (κ2) is 5.46. The zero-order valence-electron chi connectivity index (χ0n) is 9.34. The first kappa shape index (κ1) is 12.4. The monoisotopic (exact) mass is 224 g/mol. The number of carboxylic acids is 1. The van der Waals surface area contributed by atoms with Crippen LogP contribution in [-0.4, -0.2) is 33.8 Å². The Bertz CT molecular complexity index is 366. The Labute approximate surface area is 94.1 Å². The predicted molar refractivity (Wildman–Crippen MR) is 60.5 cm³/mol. The largest absolute Gasteiger partial charge is 0.477 e. The second-order valence-corrected chi connectivity index (χ2v) is 3.93. The predicted octanol–water partition coefficient (Wildman–Crippen LogP) is 1.21. The van der Waals surface area contributed by atoms with Gasteiger partial charge < -0.3 is 15.5 Å². The molecule has 0 bridgehead atoms. The van der Waals surface area contributed by atoms with Crippen LogP contribution in [0.3, 0.4) is 0 Å². The molecule has 0 spiro atoms. The molecular weight excluding hydrogens is 208 g/mol. The van der Waals surface area contributed by atoms with Crippen molar-refractivity contribution in [3.63, 3.8) is 0 Å². The van der Waals surface area contributed by atoms with E-state index in [9.17, 15) is 9.90 Å². The molecule has 0 saturated carbocycles. The molecule has 0 fully saturated rings. The minimum absolute atomic E-state index is 0.0102. The van der Waals surface area contributed by atoms with Gasteiger partial charge in [0.05, 0.1) is 6.10 Å². The quantitative estimate of drug-likeness (QED) is 0.700. The highest BCUT2D eigenvalue weighted by Crippen LogP contribution is 2.09. The standard InChI is InChI=1S/C11H16N2O3/c1-7(2)10(14)6-13-8-3-4-12-9(5-8)11(15)16/h3-5,7,10,14H,6H2,1-2H3,(H,12,13)(H,15,16). The summed E-state index contributed by atoms with van der Waals surface area (Å²) < 4.78 is 0. The maximum Gasteiger partial charge on any atom is 0.354 e. The lowest BCUT2D eigenvalue weighted by atomic mass is 10.1. The van der Waals surface area contributed by atoms with Gasteiger partial charge in [0.15, 0.2) is 0 Å². The van der Waals surface area contributed by atoms with Gasteiger partial charge in [-0.3, -0.25) is 0 Å². The number of pyridine rings is 1. The molecule has 1 aromatic heterocycles. The van der Waals surface area contributed by atoms with Crippen molar-refractivity contribution in [3.05, 3.63) is 24.0 Å². The van der Waals surface area contributed by atoms with E-state index in [0.29, 0.717) is 12.2 Å². The van der Waals surface area contributed by atoms with E-state index in [1.807, 2.05) is 13.8 Å². The van der Waals surface area contributed by atoms with E-state index in [4.69, 9.17) is 5.11 Å². The summed E-state index contributed by atoms with van der Waals surface area (Å²) in [5.41, 5.74) is 0.635. The molecule has 0 aromatic carbocycles. The number of anilines is 1. The Balaban J connectivity index is 2.61. The van der Waals surface area contributed by atoms with Crippen molar-refractivity contribution in [1.82, 2.24) is 4.98 Å². The summed E-state index contributed by atoms with van der Waals surface area (Å²) in [5.74, 6) is -0.902. The highest BCUT2D eigenvalue weighted by atomic mass is 16.4. The van der Waals surface area contributed by atoms with E-state index in [-0.39, 0.29) is 11.6 Å². The van der Waals surface area contributed by atoms with Gasteiger partial charge >= 0.3 is 5.97 Å². The maximum atomic E-state index is 10.7. The van der Waals surface area contributed by atoms with Gasteiger partial charge in [-0.15, -0.1) is 0 Å². The summed E-state index contributed by atoms with van der Waals surface area (Å²) in [5, 5.41) is 21.3. The van der Waals surface area contributed by atoms with Crippen LogP contribution in [0.15, 0.2) is 18.3 Å². The van der Waals surface area contributed by atoms with Crippen molar-refractivity contribution in [2.45, 2.75) is 20.0 Å². The van der Waals surface area contributed by atoms with Gasteiger partial charge in [0.25, 0.3) is 0 Å². The van der Waals surface area contributed by atoms with Crippen molar-refractivity contribution < 1.29 is 15.0 Å². The summed E-state index contributed by atoms with van der Waals surface area (Å²) >= 11 is 0. The summed E-state index contributed by atoms with van der Waals surface area (Å²) in [4.78, 5) is 14.4. The van der Waals surface area contributed by atoms with Crippen molar-refractivity contribution in [2.75, 3.05) is 11.9 Å². The molecule has 1 aromatic rings. The van der Waals surface area contributed by atoms with Gasteiger partial charge in [-0.2, -0.15) is 0 Å². The molecule has 5 nitrogen and oxygen atoms in total. The fourth-order valence-electron chi connectivity index (χ4n) is 1.12. The van der Waals surface area contributed by atoms with E-state index in [1.54, 1.807) is 6.07 Å². The smallest absolute Gasteiger partial charge is 0.354 e. The second-order valence-electron chi connectivity index (χ2n) is 3.93. The molecule has 16 heavy (non-hydrogen) atoms. The Morgan fingerprint density at radius 3 is 2.81 bits per heavy atom. The molecule has 0 radical (unpaired) electrons. The zero-order valence-corrected chi connectivity index (χ0v) is 9.34. The highest BCUT2D eigenvalue weighted by Gasteiger charge is 2.09. The third-order valence-corrected chi connectivity index (χ3v) is 2.26. The number of carbonyl (C=O) groups is 1. The van der Waals surface area contributed by atoms with E-state index in [0.717, 1.165) is 0 Å². The van der Waals surface area contributed by atoms with Crippen molar-refractivity contribution in [3.8, 4) is 0 Å². The van der Waals surface area contributed by atoms with Gasteiger partial charge in [0.1, 0.15) is 5.69 Å².